The van der Waals surface area contributed by atoms with Crippen molar-refractivity contribution in [2.24, 2.45) is 4.99 Å². The largest absolute Gasteiger partial charge is 0.338 e. The van der Waals surface area contributed by atoms with Crippen LogP contribution in [0.3, 0.4) is 0 Å². The van der Waals surface area contributed by atoms with Crippen LogP contribution in [0.2, 0.25) is 0 Å². The van der Waals surface area contributed by atoms with Crippen LogP contribution in [0.15, 0.2) is 78.3 Å². The van der Waals surface area contributed by atoms with Crippen molar-refractivity contribution in [3.05, 3.63) is 90.0 Å². The van der Waals surface area contributed by atoms with Gasteiger partial charge in [0.15, 0.2) is 0 Å². The summed E-state index contributed by atoms with van der Waals surface area (Å²) in [6.45, 7) is 6.64. The van der Waals surface area contributed by atoms with Crippen LogP contribution in [-0.2, 0) is 6.54 Å². The number of pyridine rings is 2. The molecule has 0 bridgehead atoms. The fourth-order valence-electron chi connectivity index (χ4n) is 4.41. The Hall–Kier alpha value is -4.36. The summed E-state index contributed by atoms with van der Waals surface area (Å²) in [5.41, 5.74) is 9.10. The number of allylic oxidation sites excluding steroid dienone is 1. The standard InChI is InChI=1S/C28H27N7/c1-5-22(19-8-10-30-11-9-19)23-14-26(32-28(23)29-2)27-24-13-20(6-7-25(24)33-34-27)21-12-18(15-31-16-21)17-35(3)4/h5-16,32H,2,17H2,1,3-4H3,(H,33,34)/b22-5-. The van der Waals surface area contributed by atoms with Crippen molar-refractivity contribution in [2.45, 2.75) is 13.5 Å². The Kier molecular flexibility index (Phi) is 6.08. The molecular formula is C28H27N7. The zero-order valence-electron chi connectivity index (χ0n) is 20.1. The van der Waals surface area contributed by atoms with Crippen LogP contribution in [0.5, 0.6) is 0 Å². The van der Waals surface area contributed by atoms with Crippen molar-refractivity contribution >= 4 is 29.0 Å². The highest BCUT2D eigenvalue weighted by Crippen LogP contribution is 2.37. The van der Waals surface area contributed by atoms with E-state index in [0.29, 0.717) is 5.82 Å². The number of fused-ring (bicyclic) bond motifs is 1. The SMILES string of the molecule is C=Nc1[nH]c(-c2n[nH]c3ccc(-c4cncc(CN(C)C)c4)cc23)cc1/C(=C\C)c1ccncc1. The second-order valence-corrected chi connectivity index (χ2v) is 8.69. The third kappa shape index (κ3) is 4.41. The monoisotopic (exact) mass is 461 g/mol. The quantitative estimate of drug-likeness (QED) is 0.297. The molecule has 4 heterocycles. The molecular weight excluding hydrogens is 434 g/mol. The first-order chi connectivity index (χ1) is 17.1. The average molecular weight is 462 g/mol. The molecule has 2 N–H and O–H groups in total. The first-order valence-electron chi connectivity index (χ1n) is 11.4. The maximum absolute atomic E-state index is 4.63. The molecule has 0 aliphatic carbocycles. The molecule has 0 fully saturated rings. The van der Waals surface area contributed by atoms with Gasteiger partial charge in [-0.25, -0.2) is 4.99 Å². The van der Waals surface area contributed by atoms with E-state index in [1.807, 2.05) is 31.5 Å². The molecule has 0 saturated carbocycles. The highest BCUT2D eigenvalue weighted by molar-refractivity contribution is 5.97. The van der Waals surface area contributed by atoms with E-state index in [-0.39, 0.29) is 0 Å². The predicted molar refractivity (Wildman–Crippen MR) is 143 cm³/mol. The van der Waals surface area contributed by atoms with Crippen molar-refractivity contribution in [2.75, 3.05) is 14.1 Å². The summed E-state index contributed by atoms with van der Waals surface area (Å²) in [5, 5.41) is 8.82. The number of nitrogens with one attached hydrogen (secondary N) is 2. The highest BCUT2D eigenvalue weighted by atomic mass is 15.1. The second-order valence-electron chi connectivity index (χ2n) is 8.69. The number of rotatable bonds is 7. The summed E-state index contributed by atoms with van der Waals surface area (Å²) in [6, 6.07) is 14.6. The van der Waals surface area contributed by atoms with Gasteiger partial charge in [0, 0.05) is 47.8 Å². The number of benzene rings is 1. The van der Waals surface area contributed by atoms with Crippen LogP contribution in [0.4, 0.5) is 5.82 Å². The summed E-state index contributed by atoms with van der Waals surface area (Å²) < 4.78 is 0. The maximum Gasteiger partial charge on any atom is 0.137 e. The summed E-state index contributed by atoms with van der Waals surface area (Å²) >= 11 is 0. The number of aromatic nitrogens is 5. The summed E-state index contributed by atoms with van der Waals surface area (Å²) in [5.74, 6) is 0.706. The molecule has 0 unspecified atom stereocenters. The minimum Gasteiger partial charge on any atom is -0.338 e. The van der Waals surface area contributed by atoms with E-state index in [4.69, 9.17) is 0 Å². The van der Waals surface area contributed by atoms with E-state index in [1.165, 1.54) is 5.56 Å². The Labute approximate surface area is 204 Å². The van der Waals surface area contributed by atoms with E-state index in [2.05, 4.69) is 92.3 Å². The molecule has 0 radical (unpaired) electrons. The van der Waals surface area contributed by atoms with Gasteiger partial charge in [0.2, 0.25) is 0 Å². The zero-order valence-corrected chi connectivity index (χ0v) is 20.1. The van der Waals surface area contributed by atoms with Gasteiger partial charge in [-0.15, -0.1) is 0 Å². The van der Waals surface area contributed by atoms with Gasteiger partial charge < -0.3 is 9.88 Å². The van der Waals surface area contributed by atoms with E-state index in [0.717, 1.165) is 56.7 Å². The molecule has 174 valence electrons. The lowest BCUT2D eigenvalue weighted by atomic mass is 9.99. The van der Waals surface area contributed by atoms with Crippen LogP contribution in [-0.4, -0.2) is 50.9 Å². The minimum absolute atomic E-state index is 0.706. The summed E-state index contributed by atoms with van der Waals surface area (Å²) in [4.78, 5) is 18.4. The number of aliphatic imine (C=N–C) groups is 1. The van der Waals surface area contributed by atoms with Crippen LogP contribution in [0, 0.1) is 0 Å². The lowest BCUT2D eigenvalue weighted by Gasteiger charge is -2.10. The lowest BCUT2D eigenvalue weighted by molar-refractivity contribution is 0.402. The van der Waals surface area contributed by atoms with Gasteiger partial charge in [-0.1, -0.05) is 12.1 Å². The lowest BCUT2D eigenvalue weighted by Crippen LogP contribution is -2.10. The first-order valence-corrected chi connectivity index (χ1v) is 11.4. The fourth-order valence-corrected chi connectivity index (χ4v) is 4.41. The molecule has 0 aliphatic heterocycles. The Bertz CT molecular complexity index is 1520. The Morgan fingerprint density at radius 1 is 1.03 bits per heavy atom. The third-order valence-corrected chi connectivity index (χ3v) is 5.97. The minimum atomic E-state index is 0.706. The topological polar surface area (TPSA) is 85.8 Å². The van der Waals surface area contributed by atoms with Gasteiger partial charge in [0.1, 0.15) is 11.5 Å². The van der Waals surface area contributed by atoms with Gasteiger partial charge in [0.05, 0.1) is 11.2 Å². The third-order valence-electron chi connectivity index (χ3n) is 5.97. The van der Waals surface area contributed by atoms with Gasteiger partial charge >= 0.3 is 0 Å². The molecule has 0 spiro atoms. The zero-order chi connectivity index (χ0) is 24.4. The van der Waals surface area contributed by atoms with Crippen molar-refractivity contribution in [3.8, 4) is 22.5 Å². The molecule has 0 amide bonds. The molecule has 0 saturated heterocycles. The molecule has 7 nitrogen and oxygen atoms in total. The van der Waals surface area contributed by atoms with Crippen LogP contribution in [0.1, 0.15) is 23.6 Å². The van der Waals surface area contributed by atoms with E-state index in [1.54, 1.807) is 12.4 Å². The second kappa shape index (κ2) is 9.48. The van der Waals surface area contributed by atoms with Crippen LogP contribution >= 0.6 is 0 Å². The molecule has 7 heteroatoms. The number of H-pyrrole nitrogens is 2. The Balaban J connectivity index is 1.58. The number of aromatic amines is 2. The Morgan fingerprint density at radius 2 is 1.86 bits per heavy atom. The van der Waals surface area contributed by atoms with Crippen molar-refractivity contribution in [3.63, 3.8) is 0 Å². The first kappa shape index (κ1) is 22.4. The molecule has 35 heavy (non-hydrogen) atoms. The number of nitrogens with zero attached hydrogens (tertiary/aromatic N) is 5. The summed E-state index contributed by atoms with van der Waals surface area (Å²) in [6.07, 6.45) is 9.47. The maximum atomic E-state index is 4.63. The van der Waals surface area contributed by atoms with E-state index < -0.39 is 0 Å². The molecule has 1 aromatic carbocycles. The number of hydrogen-bond acceptors (Lipinski definition) is 5. The van der Waals surface area contributed by atoms with Crippen molar-refractivity contribution in [1.29, 1.82) is 0 Å². The van der Waals surface area contributed by atoms with Crippen LogP contribution < -0.4 is 0 Å². The van der Waals surface area contributed by atoms with Gasteiger partial charge in [0.25, 0.3) is 0 Å². The van der Waals surface area contributed by atoms with Crippen molar-refractivity contribution in [1.82, 2.24) is 30.0 Å². The molecule has 5 aromatic rings. The van der Waals surface area contributed by atoms with E-state index in [9.17, 15) is 0 Å². The van der Waals surface area contributed by atoms with Gasteiger partial charge in [-0.05, 0) is 86.4 Å². The molecule has 0 aliphatic rings. The van der Waals surface area contributed by atoms with Crippen molar-refractivity contribution < 1.29 is 0 Å². The van der Waals surface area contributed by atoms with Crippen LogP contribution in [0.25, 0.3) is 39.0 Å². The molecule has 0 atom stereocenters. The van der Waals surface area contributed by atoms with Gasteiger partial charge in [-0.3, -0.25) is 15.1 Å². The molecule has 4 aromatic heterocycles. The normalized spacial score (nSPS) is 11.9. The predicted octanol–water partition coefficient (Wildman–Crippen LogP) is 5.86. The number of hydrogen-bond donors (Lipinski definition) is 2. The summed E-state index contributed by atoms with van der Waals surface area (Å²) in [7, 11) is 4.11. The molecule has 5 rings (SSSR count). The Morgan fingerprint density at radius 3 is 2.60 bits per heavy atom. The van der Waals surface area contributed by atoms with E-state index >= 15 is 0 Å². The highest BCUT2D eigenvalue weighted by Gasteiger charge is 2.17. The fraction of sp³-hybridized carbons (Fsp3) is 0.143. The average Bonchev–Trinajstić information content (AvgIpc) is 3.48. The van der Waals surface area contributed by atoms with Gasteiger partial charge in [-0.2, -0.15) is 5.10 Å². The smallest absolute Gasteiger partial charge is 0.137 e.